The van der Waals surface area contributed by atoms with Crippen LogP contribution in [-0.4, -0.2) is 16.6 Å². The van der Waals surface area contributed by atoms with E-state index < -0.39 is 0 Å². The molecule has 98 valence electrons. The first-order valence-electron chi connectivity index (χ1n) is 6.28. The van der Waals surface area contributed by atoms with Gasteiger partial charge in [0.2, 0.25) is 0 Å². The number of hydrogen-bond acceptors (Lipinski definition) is 5. The molecule has 1 aromatic heterocycles. The van der Waals surface area contributed by atoms with E-state index in [2.05, 4.69) is 21.5 Å². The third-order valence-electron chi connectivity index (χ3n) is 3.31. The van der Waals surface area contributed by atoms with Gasteiger partial charge in [-0.25, -0.2) is 5.43 Å². The minimum Gasteiger partial charge on any atom is -0.493 e. The Morgan fingerprint density at radius 3 is 2.95 bits per heavy atom. The molecule has 1 aliphatic rings. The van der Waals surface area contributed by atoms with E-state index in [4.69, 9.17) is 10.6 Å². The number of nitrogens with one attached hydrogen (secondary N) is 1. The van der Waals surface area contributed by atoms with Crippen LogP contribution in [0, 0.1) is 6.92 Å². The van der Waals surface area contributed by atoms with Crippen LogP contribution in [0.4, 0.5) is 0 Å². The first-order valence-corrected chi connectivity index (χ1v) is 6.28. The number of hydrogen-bond donors (Lipinski definition) is 2. The number of fused-ring (bicyclic) bond motifs is 1. The molecule has 3 N–H and O–H groups in total. The second kappa shape index (κ2) is 4.95. The Balaban J connectivity index is 1.96. The lowest BCUT2D eigenvalue weighted by molar-refractivity contribution is 0.357. The average Bonchev–Trinajstić information content (AvgIpc) is 2.89. The second-order valence-corrected chi connectivity index (χ2v) is 4.65. The molecule has 0 bridgehead atoms. The van der Waals surface area contributed by atoms with Crippen LogP contribution in [0.3, 0.4) is 0 Å². The zero-order valence-corrected chi connectivity index (χ0v) is 10.8. The Kier molecular flexibility index (Phi) is 3.15. The largest absolute Gasteiger partial charge is 0.493 e. The number of nitrogens with zero attached hydrogens (tertiary/aromatic N) is 2. The molecule has 0 fully saturated rings. The summed E-state index contributed by atoms with van der Waals surface area (Å²) in [5, 5.41) is 0. The van der Waals surface area contributed by atoms with Crippen LogP contribution >= 0.6 is 0 Å². The van der Waals surface area contributed by atoms with Gasteiger partial charge in [-0.15, -0.1) is 0 Å². The van der Waals surface area contributed by atoms with Crippen LogP contribution in [-0.2, 0) is 6.42 Å². The summed E-state index contributed by atoms with van der Waals surface area (Å²) in [5.41, 5.74) is 6.80. The number of benzene rings is 1. The number of nitrogens with two attached hydrogens (primary N) is 1. The van der Waals surface area contributed by atoms with E-state index in [-0.39, 0.29) is 6.04 Å². The van der Waals surface area contributed by atoms with Crippen molar-refractivity contribution >= 4 is 0 Å². The topological polar surface area (TPSA) is 73.1 Å². The molecule has 0 saturated carbocycles. The molecule has 2 aromatic rings. The van der Waals surface area contributed by atoms with Gasteiger partial charge in [-0.2, -0.15) is 0 Å². The maximum atomic E-state index is 5.67. The molecule has 0 radical (unpaired) electrons. The van der Waals surface area contributed by atoms with Crippen molar-refractivity contribution in [1.29, 1.82) is 0 Å². The summed E-state index contributed by atoms with van der Waals surface area (Å²) >= 11 is 0. The molecule has 0 amide bonds. The molecule has 0 spiro atoms. The van der Waals surface area contributed by atoms with Crippen molar-refractivity contribution in [2.24, 2.45) is 5.84 Å². The molecular formula is C14H16N4O. The maximum absolute atomic E-state index is 5.67. The molecule has 0 saturated heterocycles. The highest BCUT2D eigenvalue weighted by Crippen LogP contribution is 2.29. The van der Waals surface area contributed by atoms with E-state index >= 15 is 0 Å². The molecule has 1 aliphatic heterocycles. The van der Waals surface area contributed by atoms with E-state index in [1.54, 1.807) is 12.4 Å². The van der Waals surface area contributed by atoms with Crippen molar-refractivity contribution in [3.05, 3.63) is 53.1 Å². The molecule has 1 aromatic carbocycles. The van der Waals surface area contributed by atoms with Crippen LogP contribution in [0.5, 0.6) is 5.75 Å². The minimum absolute atomic E-state index is 0.154. The summed E-state index contributed by atoms with van der Waals surface area (Å²) in [4.78, 5) is 8.65. The van der Waals surface area contributed by atoms with E-state index in [0.717, 1.165) is 35.7 Å². The first-order chi connectivity index (χ1) is 9.28. The van der Waals surface area contributed by atoms with Crippen molar-refractivity contribution < 1.29 is 4.74 Å². The number of aryl methyl sites for hydroxylation is 1. The molecule has 1 atom stereocenters. The second-order valence-electron chi connectivity index (χ2n) is 4.65. The first kappa shape index (κ1) is 12.1. The van der Waals surface area contributed by atoms with Crippen LogP contribution < -0.4 is 16.0 Å². The fraction of sp³-hybridized carbons (Fsp3) is 0.286. The molecule has 5 nitrogen and oxygen atoms in total. The summed E-state index contributed by atoms with van der Waals surface area (Å²) in [6, 6.07) is 5.97. The highest BCUT2D eigenvalue weighted by molar-refractivity contribution is 5.42. The predicted molar refractivity (Wildman–Crippen MR) is 71.6 cm³/mol. The number of aromatic nitrogens is 2. The van der Waals surface area contributed by atoms with Crippen molar-refractivity contribution in [2.75, 3.05) is 6.61 Å². The number of rotatable bonds is 3. The van der Waals surface area contributed by atoms with Gasteiger partial charge in [0.25, 0.3) is 0 Å². The van der Waals surface area contributed by atoms with Crippen LogP contribution in [0.25, 0.3) is 0 Å². The van der Waals surface area contributed by atoms with Crippen molar-refractivity contribution in [2.45, 2.75) is 19.4 Å². The van der Waals surface area contributed by atoms with Gasteiger partial charge in [-0.05, 0) is 30.2 Å². The fourth-order valence-corrected chi connectivity index (χ4v) is 2.29. The lowest BCUT2D eigenvalue weighted by Crippen LogP contribution is -2.29. The van der Waals surface area contributed by atoms with Crippen LogP contribution in [0.15, 0.2) is 30.6 Å². The smallest absolute Gasteiger partial charge is 0.122 e. The van der Waals surface area contributed by atoms with Crippen LogP contribution in [0.2, 0.25) is 0 Å². The summed E-state index contributed by atoms with van der Waals surface area (Å²) < 4.78 is 5.51. The van der Waals surface area contributed by atoms with Crippen molar-refractivity contribution in [3.63, 3.8) is 0 Å². The lowest BCUT2D eigenvalue weighted by Gasteiger charge is -2.16. The number of hydrazine groups is 1. The van der Waals surface area contributed by atoms with Gasteiger partial charge in [0.05, 0.1) is 30.2 Å². The van der Waals surface area contributed by atoms with Gasteiger partial charge in [0.15, 0.2) is 0 Å². The summed E-state index contributed by atoms with van der Waals surface area (Å²) in [6.07, 6.45) is 4.44. The normalized spacial score (nSPS) is 14.8. The van der Waals surface area contributed by atoms with Crippen molar-refractivity contribution in [3.8, 4) is 5.75 Å². The van der Waals surface area contributed by atoms with Crippen molar-refractivity contribution in [1.82, 2.24) is 15.4 Å². The quantitative estimate of drug-likeness (QED) is 0.639. The maximum Gasteiger partial charge on any atom is 0.122 e. The fourth-order valence-electron chi connectivity index (χ4n) is 2.29. The predicted octanol–water partition coefficient (Wildman–Crippen LogP) is 1.27. The molecule has 19 heavy (non-hydrogen) atoms. The third kappa shape index (κ3) is 2.30. The minimum atomic E-state index is -0.154. The molecular weight excluding hydrogens is 240 g/mol. The molecule has 3 rings (SSSR count). The van der Waals surface area contributed by atoms with Gasteiger partial charge in [0.1, 0.15) is 5.75 Å². The Labute approximate surface area is 111 Å². The molecule has 5 heteroatoms. The van der Waals surface area contributed by atoms with E-state index in [1.807, 2.05) is 19.1 Å². The Hall–Kier alpha value is -1.98. The lowest BCUT2D eigenvalue weighted by atomic mass is 10.0. The highest BCUT2D eigenvalue weighted by atomic mass is 16.5. The SMILES string of the molecule is Cc1cnc(C(NN)c2ccc3c(c2)CCO3)cn1. The number of ether oxygens (including phenoxy) is 1. The van der Waals surface area contributed by atoms with Crippen LogP contribution in [0.1, 0.15) is 28.6 Å². The Bertz CT molecular complexity index is 582. The van der Waals surface area contributed by atoms with Gasteiger partial charge in [-0.1, -0.05) is 6.07 Å². The molecule has 1 unspecified atom stereocenters. The summed E-state index contributed by atoms with van der Waals surface area (Å²) in [6.45, 7) is 2.66. The van der Waals surface area contributed by atoms with Gasteiger partial charge in [-0.3, -0.25) is 15.8 Å². The average molecular weight is 256 g/mol. The summed E-state index contributed by atoms with van der Waals surface area (Å²) in [5.74, 6) is 6.64. The standard InChI is InChI=1S/C14H16N4O/c1-9-7-17-12(8-16-9)14(18-15)11-2-3-13-10(6-11)4-5-19-13/h2-3,6-8,14,18H,4-5,15H2,1H3. The monoisotopic (exact) mass is 256 g/mol. The van der Waals surface area contributed by atoms with E-state index in [1.165, 1.54) is 5.56 Å². The zero-order valence-electron chi connectivity index (χ0n) is 10.8. The van der Waals surface area contributed by atoms with Gasteiger partial charge < -0.3 is 4.74 Å². The molecule has 0 aliphatic carbocycles. The Morgan fingerprint density at radius 1 is 1.32 bits per heavy atom. The summed E-state index contributed by atoms with van der Waals surface area (Å²) in [7, 11) is 0. The van der Waals surface area contributed by atoms with E-state index in [9.17, 15) is 0 Å². The highest BCUT2D eigenvalue weighted by Gasteiger charge is 2.18. The molecule has 2 heterocycles. The Morgan fingerprint density at radius 2 is 2.21 bits per heavy atom. The zero-order chi connectivity index (χ0) is 13.2. The van der Waals surface area contributed by atoms with Gasteiger partial charge in [0, 0.05) is 12.6 Å². The third-order valence-corrected chi connectivity index (χ3v) is 3.31. The van der Waals surface area contributed by atoms with E-state index in [0.29, 0.717) is 0 Å². The van der Waals surface area contributed by atoms with Gasteiger partial charge >= 0.3 is 0 Å².